The minimum Gasteiger partial charge on any atom is -0.496 e. The van der Waals surface area contributed by atoms with E-state index in [0.717, 1.165) is 10.6 Å². The molecule has 2 rings (SSSR count). The lowest BCUT2D eigenvalue weighted by Crippen LogP contribution is -2.05. The lowest BCUT2D eigenvalue weighted by molar-refractivity contribution is 0.0988. The van der Waals surface area contributed by atoms with Crippen molar-refractivity contribution in [1.82, 2.24) is 4.98 Å². The van der Waals surface area contributed by atoms with Gasteiger partial charge in [0.2, 0.25) is 0 Å². The Morgan fingerprint density at radius 2 is 2.28 bits per heavy atom. The fraction of sp³-hybridized carbons (Fsp3) is 0.231. The van der Waals surface area contributed by atoms with Gasteiger partial charge in [-0.15, -0.1) is 11.3 Å². The number of rotatable bonds is 4. The molecule has 1 aromatic carbocycles. The molecule has 0 aliphatic rings. The van der Waals surface area contributed by atoms with Crippen LogP contribution in [0.2, 0.25) is 5.02 Å². The predicted octanol–water partition coefficient (Wildman–Crippen LogP) is 3.54. The van der Waals surface area contributed by atoms with Gasteiger partial charge in [-0.1, -0.05) is 11.6 Å². The first-order chi connectivity index (χ1) is 8.60. The van der Waals surface area contributed by atoms with Crippen molar-refractivity contribution in [2.24, 2.45) is 0 Å². The average molecular weight is 282 g/mol. The smallest absolute Gasteiger partial charge is 0.186 e. The van der Waals surface area contributed by atoms with Gasteiger partial charge in [0.15, 0.2) is 5.78 Å². The number of aromatic nitrogens is 1. The van der Waals surface area contributed by atoms with Gasteiger partial charge in [0.05, 0.1) is 12.1 Å². The van der Waals surface area contributed by atoms with Crippen LogP contribution in [0, 0.1) is 6.92 Å². The highest BCUT2D eigenvalue weighted by Gasteiger charge is 2.13. The van der Waals surface area contributed by atoms with Crippen molar-refractivity contribution in [3.63, 3.8) is 0 Å². The lowest BCUT2D eigenvalue weighted by atomic mass is 10.1. The summed E-state index contributed by atoms with van der Waals surface area (Å²) in [5, 5.41) is 3.25. The van der Waals surface area contributed by atoms with Gasteiger partial charge in [-0.25, -0.2) is 4.98 Å². The first-order valence-corrected chi connectivity index (χ1v) is 6.63. The summed E-state index contributed by atoms with van der Waals surface area (Å²) in [7, 11) is 1.57. The maximum atomic E-state index is 12.1. The Morgan fingerprint density at radius 1 is 1.50 bits per heavy atom. The Kier molecular flexibility index (Phi) is 3.99. The van der Waals surface area contributed by atoms with Crippen LogP contribution in [-0.2, 0) is 6.42 Å². The summed E-state index contributed by atoms with van der Waals surface area (Å²) in [6.45, 7) is 1.88. The number of carbonyl (C=O) groups is 1. The van der Waals surface area contributed by atoms with E-state index in [2.05, 4.69) is 4.98 Å². The number of aryl methyl sites for hydroxylation is 1. The normalized spacial score (nSPS) is 10.4. The second-order valence-corrected chi connectivity index (χ2v) is 5.31. The molecule has 0 spiro atoms. The molecule has 0 bridgehead atoms. The largest absolute Gasteiger partial charge is 0.496 e. The highest BCUT2D eigenvalue weighted by molar-refractivity contribution is 7.09. The zero-order chi connectivity index (χ0) is 13.1. The molecule has 0 radical (unpaired) electrons. The fourth-order valence-electron chi connectivity index (χ4n) is 1.64. The summed E-state index contributed by atoms with van der Waals surface area (Å²) < 4.78 is 5.21. The molecule has 1 aromatic heterocycles. The van der Waals surface area contributed by atoms with Crippen LogP contribution >= 0.6 is 22.9 Å². The number of ketones is 1. The van der Waals surface area contributed by atoms with Crippen molar-refractivity contribution in [3.8, 4) is 5.75 Å². The summed E-state index contributed by atoms with van der Waals surface area (Å²) >= 11 is 7.39. The standard InChI is InChI=1S/C13H12ClNO2S/c1-8-15-11(7-18-8)12(16)6-9-5-10(14)3-4-13(9)17-2/h3-5,7H,6H2,1-2H3. The Balaban J connectivity index is 2.23. The molecule has 0 N–H and O–H groups in total. The molecule has 5 heteroatoms. The Hall–Kier alpha value is -1.39. The van der Waals surface area contributed by atoms with Crippen LogP contribution in [0.5, 0.6) is 5.75 Å². The zero-order valence-corrected chi connectivity index (χ0v) is 11.6. The maximum Gasteiger partial charge on any atom is 0.186 e. The van der Waals surface area contributed by atoms with Gasteiger partial charge in [-0.05, 0) is 25.1 Å². The van der Waals surface area contributed by atoms with Crippen molar-refractivity contribution < 1.29 is 9.53 Å². The molecule has 0 saturated heterocycles. The topological polar surface area (TPSA) is 39.2 Å². The second-order valence-electron chi connectivity index (χ2n) is 3.81. The van der Waals surface area contributed by atoms with E-state index in [1.165, 1.54) is 11.3 Å². The third kappa shape index (κ3) is 2.89. The van der Waals surface area contributed by atoms with Crippen molar-refractivity contribution in [1.29, 1.82) is 0 Å². The summed E-state index contributed by atoms with van der Waals surface area (Å²) in [5.41, 5.74) is 1.28. The van der Waals surface area contributed by atoms with E-state index in [1.54, 1.807) is 30.7 Å². The first kappa shape index (κ1) is 13.1. The van der Waals surface area contributed by atoms with Gasteiger partial charge in [0, 0.05) is 22.4 Å². The second kappa shape index (κ2) is 5.50. The van der Waals surface area contributed by atoms with E-state index in [-0.39, 0.29) is 12.2 Å². The quantitative estimate of drug-likeness (QED) is 0.805. The number of thiazole rings is 1. The number of hydrogen-bond acceptors (Lipinski definition) is 4. The van der Waals surface area contributed by atoms with Gasteiger partial charge in [0.1, 0.15) is 11.4 Å². The highest BCUT2D eigenvalue weighted by atomic mass is 35.5. The molecule has 18 heavy (non-hydrogen) atoms. The van der Waals surface area contributed by atoms with E-state index < -0.39 is 0 Å². The van der Waals surface area contributed by atoms with Crippen molar-refractivity contribution >= 4 is 28.7 Å². The Bertz CT molecular complexity index is 580. The highest BCUT2D eigenvalue weighted by Crippen LogP contribution is 2.24. The molecular weight excluding hydrogens is 270 g/mol. The van der Waals surface area contributed by atoms with Crippen LogP contribution in [0.4, 0.5) is 0 Å². The fourth-order valence-corrected chi connectivity index (χ4v) is 2.45. The summed E-state index contributed by atoms with van der Waals surface area (Å²) in [6, 6.07) is 5.25. The molecule has 2 aromatic rings. The minimum atomic E-state index is -0.0279. The molecule has 0 fully saturated rings. The number of hydrogen-bond donors (Lipinski definition) is 0. The van der Waals surface area contributed by atoms with Crippen molar-refractivity contribution in [3.05, 3.63) is 44.9 Å². The number of ether oxygens (including phenoxy) is 1. The van der Waals surface area contributed by atoms with Gasteiger partial charge in [-0.3, -0.25) is 4.79 Å². The molecular formula is C13H12ClNO2S. The molecule has 0 unspecified atom stereocenters. The molecule has 0 amide bonds. The Labute approximate surface area is 114 Å². The number of methoxy groups -OCH3 is 1. The van der Waals surface area contributed by atoms with Gasteiger partial charge < -0.3 is 4.74 Å². The van der Waals surface area contributed by atoms with Crippen LogP contribution in [0.15, 0.2) is 23.6 Å². The number of nitrogens with zero attached hydrogens (tertiary/aromatic N) is 1. The summed E-state index contributed by atoms with van der Waals surface area (Å²) in [5.74, 6) is 0.639. The molecule has 1 heterocycles. The Morgan fingerprint density at radius 3 is 2.89 bits per heavy atom. The van der Waals surface area contributed by atoms with E-state index in [1.807, 2.05) is 6.92 Å². The van der Waals surface area contributed by atoms with Crippen LogP contribution in [-0.4, -0.2) is 17.9 Å². The molecule has 0 saturated carbocycles. The van der Waals surface area contributed by atoms with Gasteiger partial charge >= 0.3 is 0 Å². The van der Waals surface area contributed by atoms with Crippen molar-refractivity contribution in [2.75, 3.05) is 7.11 Å². The predicted molar refractivity (Wildman–Crippen MR) is 72.9 cm³/mol. The van der Waals surface area contributed by atoms with Crippen LogP contribution in [0.1, 0.15) is 21.1 Å². The number of Topliss-reactive ketones (excluding diaryl/α,β-unsaturated/α-hetero) is 1. The van der Waals surface area contributed by atoms with E-state index in [4.69, 9.17) is 16.3 Å². The SMILES string of the molecule is COc1ccc(Cl)cc1CC(=O)c1csc(C)n1. The summed E-state index contributed by atoms with van der Waals surface area (Å²) in [4.78, 5) is 16.2. The minimum absolute atomic E-state index is 0.0279. The molecule has 94 valence electrons. The monoisotopic (exact) mass is 281 g/mol. The van der Waals surface area contributed by atoms with Crippen molar-refractivity contribution in [2.45, 2.75) is 13.3 Å². The molecule has 0 atom stereocenters. The number of benzene rings is 1. The summed E-state index contributed by atoms with van der Waals surface area (Å²) in [6.07, 6.45) is 0.243. The zero-order valence-electron chi connectivity index (χ0n) is 10.1. The van der Waals surface area contributed by atoms with Gasteiger partial charge in [0.25, 0.3) is 0 Å². The maximum absolute atomic E-state index is 12.1. The van der Waals surface area contributed by atoms with E-state index in [9.17, 15) is 4.79 Å². The van der Waals surface area contributed by atoms with E-state index >= 15 is 0 Å². The van der Waals surface area contributed by atoms with Crippen LogP contribution in [0.25, 0.3) is 0 Å². The van der Waals surface area contributed by atoms with Crippen LogP contribution < -0.4 is 4.74 Å². The molecule has 3 nitrogen and oxygen atoms in total. The molecule has 0 aliphatic heterocycles. The average Bonchev–Trinajstić information content (AvgIpc) is 2.76. The third-order valence-corrected chi connectivity index (χ3v) is 3.51. The molecule has 0 aliphatic carbocycles. The van der Waals surface area contributed by atoms with E-state index in [0.29, 0.717) is 16.5 Å². The number of carbonyl (C=O) groups excluding carboxylic acids is 1. The third-order valence-electron chi connectivity index (χ3n) is 2.50. The number of halogens is 1. The van der Waals surface area contributed by atoms with Crippen LogP contribution in [0.3, 0.4) is 0 Å². The first-order valence-electron chi connectivity index (χ1n) is 5.38. The lowest BCUT2D eigenvalue weighted by Gasteiger charge is -2.07. The van der Waals surface area contributed by atoms with Gasteiger partial charge in [-0.2, -0.15) is 0 Å².